The Labute approximate surface area is 109 Å². The minimum Gasteiger partial charge on any atom is -0.323 e. The van der Waals surface area contributed by atoms with E-state index in [1.165, 1.54) is 16.3 Å². The smallest absolute Gasteiger partial charge is 0.0430 e. The highest BCUT2D eigenvalue weighted by molar-refractivity contribution is 5.86. The molecule has 0 bridgehead atoms. The Morgan fingerprint density at radius 3 is 2.39 bits per heavy atom. The first-order valence-electron chi connectivity index (χ1n) is 6.71. The van der Waals surface area contributed by atoms with E-state index in [1.807, 2.05) is 0 Å². The van der Waals surface area contributed by atoms with Gasteiger partial charge in [-0.3, -0.25) is 0 Å². The number of likely N-dealkylation sites (N-methyl/N-ethyl adjacent to an activating group) is 1. The highest BCUT2D eigenvalue weighted by Gasteiger charge is 2.12. The zero-order chi connectivity index (χ0) is 13.0. The molecule has 2 heteroatoms. The minimum absolute atomic E-state index is 0.0796. The zero-order valence-corrected chi connectivity index (χ0v) is 11.3. The normalized spacial score (nSPS) is 13.1. The fourth-order valence-electron chi connectivity index (χ4n) is 2.43. The van der Waals surface area contributed by atoms with Gasteiger partial charge in [0.25, 0.3) is 0 Å². The van der Waals surface area contributed by atoms with E-state index in [0.717, 1.165) is 19.6 Å². The zero-order valence-electron chi connectivity index (χ0n) is 11.3. The first-order chi connectivity index (χ1) is 8.76. The third-order valence-electron chi connectivity index (χ3n) is 3.57. The highest BCUT2D eigenvalue weighted by Crippen LogP contribution is 2.23. The van der Waals surface area contributed by atoms with E-state index < -0.39 is 0 Å². The molecule has 0 aromatic heterocycles. The Hall–Kier alpha value is -1.38. The molecule has 2 N–H and O–H groups in total. The maximum atomic E-state index is 6.37. The molecule has 0 aliphatic carbocycles. The second-order valence-electron chi connectivity index (χ2n) is 4.66. The predicted molar refractivity (Wildman–Crippen MR) is 78.7 cm³/mol. The standard InChI is InChI=1S/C16H22N2/c1-3-18(4-2)12-16(17)15-11-7-9-13-8-5-6-10-14(13)15/h5-11,16H,3-4,12,17H2,1-2H3/t16-/m0/s1. The fraction of sp³-hybridized carbons (Fsp3) is 0.375. The van der Waals surface area contributed by atoms with Gasteiger partial charge in [-0.15, -0.1) is 0 Å². The number of hydrogen-bond acceptors (Lipinski definition) is 2. The van der Waals surface area contributed by atoms with Gasteiger partial charge in [0, 0.05) is 12.6 Å². The van der Waals surface area contributed by atoms with Gasteiger partial charge in [0.15, 0.2) is 0 Å². The lowest BCUT2D eigenvalue weighted by Crippen LogP contribution is -2.32. The predicted octanol–water partition coefficient (Wildman–Crippen LogP) is 3.18. The van der Waals surface area contributed by atoms with E-state index in [2.05, 4.69) is 61.2 Å². The van der Waals surface area contributed by atoms with Crippen molar-refractivity contribution in [3.63, 3.8) is 0 Å². The van der Waals surface area contributed by atoms with Gasteiger partial charge in [-0.1, -0.05) is 56.3 Å². The maximum absolute atomic E-state index is 6.37. The quantitative estimate of drug-likeness (QED) is 0.872. The lowest BCUT2D eigenvalue weighted by Gasteiger charge is -2.23. The molecule has 0 saturated carbocycles. The molecule has 2 aromatic rings. The number of rotatable bonds is 5. The van der Waals surface area contributed by atoms with E-state index >= 15 is 0 Å². The van der Waals surface area contributed by atoms with E-state index in [1.54, 1.807) is 0 Å². The van der Waals surface area contributed by atoms with Gasteiger partial charge in [-0.2, -0.15) is 0 Å². The molecule has 2 aromatic carbocycles. The molecule has 0 amide bonds. The van der Waals surface area contributed by atoms with Crippen LogP contribution >= 0.6 is 0 Å². The summed E-state index contributed by atoms with van der Waals surface area (Å²) in [7, 11) is 0. The average Bonchev–Trinajstić information content (AvgIpc) is 2.43. The van der Waals surface area contributed by atoms with Crippen LogP contribution in [0.3, 0.4) is 0 Å². The third-order valence-corrected chi connectivity index (χ3v) is 3.57. The Bertz CT molecular complexity index is 498. The molecule has 0 aliphatic rings. The summed E-state index contributed by atoms with van der Waals surface area (Å²) in [5, 5.41) is 2.55. The van der Waals surface area contributed by atoms with Crippen molar-refractivity contribution in [2.75, 3.05) is 19.6 Å². The monoisotopic (exact) mass is 242 g/mol. The summed E-state index contributed by atoms with van der Waals surface area (Å²) < 4.78 is 0. The van der Waals surface area contributed by atoms with Gasteiger partial charge in [-0.05, 0) is 29.4 Å². The van der Waals surface area contributed by atoms with Gasteiger partial charge in [0.2, 0.25) is 0 Å². The summed E-state index contributed by atoms with van der Waals surface area (Å²) in [6.45, 7) is 7.38. The number of nitrogens with two attached hydrogens (primary N) is 1. The number of hydrogen-bond donors (Lipinski definition) is 1. The van der Waals surface area contributed by atoms with Crippen molar-refractivity contribution in [1.29, 1.82) is 0 Å². The van der Waals surface area contributed by atoms with Gasteiger partial charge in [0.05, 0.1) is 0 Å². The van der Waals surface area contributed by atoms with Crippen LogP contribution in [0, 0.1) is 0 Å². The van der Waals surface area contributed by atoms with Crippen molar-refractivity contribution in [1.82, 2.24) is 4.90 Å². The lowest BCUT2D eigenvalue weighted by atomic mass is 9.99. The second-order valence-corrected chi connectivity index (χ2v) is 4.66. The van der Waals surface area contributed by atoms with Crippen molar-refractivity contribution in [2.24, 2.45) is 5.73 Å². The van der Waals surface area contributed by atoms with Gasteiger partial charge in [-0.25, -0.2) is 0 Å². The van der Waals surface area contributed by atoms with Crippen molar-refractivity contribution in [2.45, 2.75) is 19.9 Å². The van der Waals surface area contributed by atoms with Crippen LogP contribution in [-0.2, 0) is 0 Å². The molecule has 2 rings (SSSR count). The van der Waals surface area contributed by atoms with Crippen LogP contribution in [0.25, 0.3) is 10.8 Å². The highest BCUT2D eigenvalue weighted by atomic mass is 15.1. The first-order valence-corrected chi connectivity index (χ1v) is 6.71. The van der Waals surface area contributed by atoms with Crippen molar-refractivity contribution < 1.29 is 0 Å². The second kappa shape index (κ2) is 5.98. The fourth-order valence-corrected chi connectivity index (χ4v) is 2.43. The molecule has 0 saturated heterocycles. The first kappa shape index (κ1) is 13.1. The van der Waals surface area contributed by atoms with Crippen LogP contribution in [0.5, 0.6) is 0 Å². The Morgan fingerprint density at radius 1 is 1.00 bits per heavy atom. The summed E-state index contributed by atoms with van der Waals surface area (Å²) in [6, 6.07) is 14.9. The molecule has 96 valence electrons. The van der Waals surface area contributed by atoms with Crippen LogP contribution in [0.1, 0.15) is 25.5 Å². The Morgan fingerprint density at radius 2 is 1.67 bits per heavy atom. The molecular weight excluding hydrogens is 220 g/mol. The molecule has 0 radical (unpaired) electrons. The number of fused-ring (bicyclic) bond motifs is 1. The minimum atomic E-state index is 0.0796. The van der Waals surface area contributed by atoms with Crippen LogP contribution in [0.15, 0.2) is 42.5 Å². The topological polar surface area (TPSA) is 29.3 Å². The molecule has 0 unspecified atom stereocenters. The van der Waals surface area contributed by atoms with Gasteiger partial charge < -0.3 is 10.6 Å². The summed E-state index contributed by atoms with van der Waals surface area (Å²) in [5.41, 5.74) is 7.62. The van der Waals surface area contributed by atoms with Crippen LogP contribution in [0.4, 0.5) is 0 Å². The van der Waals surface area contributed by atoms with Crippen LogP contribution < -0.4 is 5.73 Å². The third kappa shape index (κ3) is 2.71. The molecule has 2 nitrogen and oxygen atoms in total. The SMILES string of the molecule is CCN(CC)C[C@H](N)c1cccc2ccccc12. The van der Waals surface area contributed by atoms with Crippen molar-refractivity contribution in [3.05, 3.63) is 48.0 Å². The van der Waals surface area contributed by atoms with Crippen molar-refractivity contribution in [3.8, 4) is 0 Å². The number of nitrogens with zero attached hydrogens (tertiary/aromatic N) is 1. The summed E-state index contributed by atoms with van der Waals surface area (Å²) in [6.07, 6.45) is 0. The molecule has 1 atom stereocenters. The van der Waals surface area contributed by atoms with Crippen LogP contribution in [0.2, 0.25) is 0 Å². The molecular formula is C16H22N2. The molecule has 0 fully saturated rings. The van der Waals surface area contributed by atoms with Crippen LogP contribution in [-0.4, -0.2) is 24.5 Å². The van der Waals surface area contributed by atoms with E-state index in [9.17, 15) is 0 Å². The maximum Gasteiger partial charge on any atom is 0.0430 e. The molecule has 18 heavy (non-hydrogen) atoms. The van der Waals surface area contributed by atoms with E-state index in [0.29, 0.717) is 0 Å². The van der Waals surface area contributed by atoms with Gasteiger partial charge >= 0.3 is 0 Å². The van der Waals surface area contributed by atoms with Gasteiger partial charge in [0.1, 0.15) is 0 Å². The largest absolute Gasteiger partial charge is 0.323 e. The lowest BCUT2D eigenvalue weighted by molar-refractivity contribution is 0.285. The summed E-state index contributed by atoms with van der Waals surface area (Å²) in [5.74, 6) is 0. The average molecular weight is 242 g/mol. The van der Waals surface area contributed by atoms with E-state index in [-0.39, 0.29) is 6.04 Å². The number of benzene rings is 2. The Balaban J connectivity index is 2.30. The van der Waals surface area contributed by atoms with E-state index in [4.69, 9.17) is 5.73 Å². The summed E-state index contributed by atoms with van der Waals surface area (Å²) >= 11 is 0. The molecule has 0 heterocycles. The Kier molecular flexibility index (Phi) is 4.34. The summed E-state index contributed by atoms with van der Waals surface area (Å²) in [4.78, 5) is 2.37. The molecule has 0 spiro atoms. The van der Waals surface area contributed by atoms with Crippen molar-refractivity contribution >= 4 is 10.8 Å². The molecule has 0 aliphatic heterocycles.